The Hall–Kier alpha value is -3.81. The van der Waals surface area contributed by atoms with Crippen molar-refractivity contribution in [1.82, 2.24) is 24.8 Å². The van der Waals surface area contributed by atoms with Crippen molar-refractivity contribution in [2.24, 2.45) is 0 Å². The van der Waals surface area contributed by atoms with Crippen LogP contribution in [0.5, 0.6) is 5.75 Å². The molecule has 2 aromatic heterocycles. The molecule has 0 atom stereocenters. The molecule has 2 N–H and O–H groups in total. The molecule has 1 aromatic carbocycles. The summed E-state index contributed by atoms with van der Waals surface area (Å²) in [5.74, 6) is 0.891. The number of fused-ring (bicyclic) bond motifs is 2. The summed E-state index contributed by atoms with van der Waals surface area (Å²) in [6.07, 6.45) is 3.33. The highest BCUT2D eigenvalue weighted by atomic mass is 16.5. The molecule has 4 heterocycles. The first-order valence-electron chi connectivity index (χ1n) is 11.4. The molecule has 5 rings (SSSR count). The van der Waals surface area contributed by atoms with E-state index in [2.05, 4.69) is 31.6 Å². The first-order chi connectivity index (χ1) is 16.6. The van der Waals surface area contributed by atoms with E-state index in [0.29, 0.717) is 41.8 Å². The first-order valence-corrected chi connectivity index (χ1v) is 11.4. The van der Waals surface area contributed by atoms with Gasteiger partial charge in [-0.2, -0.15) is 5.26 Å². The standard InChI is InChI=1S/C24H25N7O3/c25-12-16-1-3-20-19(11-16)27-14-23(33)31(20)10-9-30-7-5-17(6-8-30)26-13-18-2-4-21-24(28-18)29-22(32)15-34-21/h1-4,11,14,17,26H,5-10,13,15H2,(H,28,29,32). The Morgan fingerprint density at radius 3 is 2.85 bits per heavy atom. The van der Waals surface area contributed by atoms with Crippen LogP contribution in [-0.2, 0) is 17.9 Å². The number of carbonyl (C=O) groups is 1. The van der Waals surface area contributed by atoms with Crippen molar-refractivity contribution in [3.05, 3.63) is 58.1 Å². The third-order valence-electron chi connectivity index (χ3n) is 6.31. The van der Waals surface area contributed by atoms with Crippen molar-refractivity contribution in [3.8, 4) is 11.8 Å². The summed E-state index contributed by atoms with van der Waals surface area (Å²) >= 11 is 0. The lowest BCUT2D eigenvalue weighted by Gasteiger charge is -2.32. The van der Waals surface area contributed by atoms with Gasteiger partial charge in [0.05, 0.1) is 34.6 Å². The van der Waals surface area contributed by atoms with Gasteiger partial charge in [0.25, 0.3) is 11.5 Å². The van der Waals surface area contributed by atoms with E-state index in [1.165, 1.54) is 6.20 Å². The maximum absolute atomic E-state index is 12.4. The van der Waals surface area contributed by atoms with Crippen molar-refractivity contribution >= 4 is 22.8 Å². The fraction of sp³-hybridized carbons (Fsp3) is 0.375. The number of nitrogens with one attached hydrogen (secondary N) is 2. The van der Waals surface area contributed by atoms with Gasteiger partial charge in [0.2, 0.25) is 0 Å². The third kappa shape index (κ3) is 4.76. The van der Waals surface area contributed by atoms with Crippen LogP contribution in [0.4, 0.5) is 5.82 Å². The zero-order valence-corrected chi connectivity index (χ0v) is 18.7. The Labute approximate surface area is 196 Å². The van der Waals surface area contributed by atoms with Gasteiger partial charge in [0, 0.05) is 25.7 Å². The molecule has 0 radical (unpaired) electrons. The molecule has 1 fully saturated rings. The lowest BCUT2D eigenvalue weighted by Crippen LogP contribution is -2.43. The molecular weight excluding hydrogens is 434 g/mol. The average molecular weight is 460 g/mol. The van der Waals surface area contributed by atoms with Crippen LogP contribution in [0.25, 0.3) is 11.0 Å². The second-order valence-corrected chi connectivity index (χ2v) is 8.55. The number of nitriles is 1. The van der Waals surface area contributed by atoms with Crippen LogP contribution >= 0.6 is 0 Å². The van der Waals surface area contributed by atoms with E-state index in [0.717, 1.165) is 43.7 Å². The van der Waals surface area contributed by atoms with Gasteiger partial charge >= 0.3 is 0 Å². The van der Waals surface area contributed by atoms with Crippen molar-refractivity contribution < 1.29 is 9.53 Å². The van der Waals surface area contributed by atoms with E-state index in [9.17, 15) is 9.59 Å². The van der Waals surface area contributed by atoms with Crippen molar-refractivity contribution in [2.75, 3.05) is 31.6 Å². The van der Waals surface area contributed by atoms with E-state index in [-0.39, 0.29) is 18.1 Å². The van der Waals surface area contributed by atoms with Crippen LogP contribution in [0.3, 0.4) is 0 Å². The van der Waals surface area contributed by atoms with Crippen molar-refractivity contribution in [2.45, 2.75) is 32.0 Å². The number of piperidine rings is 1. The Morgan fingerprint density at radius 1 is 1.18 bits per heavy atom. The summed E-state index contributed by atoms with van der Waals surface area (Å²) in [5.41, 5.74) is 2.66. The van der Waals surface area contributed by atoms with Gasteiger partial charge in [-0.3, -0.25) is 9.59 Å². The Kier molecular flexibility index (Phi) is 6.20. The minimum Gasteiger partial charge on any atom is -0.480 e. The maximum Gasteiger partial charge on any atom is 0.269 e. The number of anilines is 1. The maximum atomic E-state index is 12.4. The number of nitrogens with zero attached hydrogens (tertiary/aromatic N) is 5. The van der Waals surface area contributed by atoms with E-state index in [1.54, 1.807) is 22.8 Å². The predicted octanol–water partition coefficient (Wildman–Crippen LogP) is 1.25. The van der Waals surface area contributed by atoms with E-state index >= 15 is 0 Å². The number of likely N-dealkylation sites (tertiary alicyclic amines) is 1. The van der Waals surface area contributed by atoms with Gasteiger partial charge in [-0.1, -0.05) is 0 Å². The van der Waals surface area contributed by atoms with Gasteiger partial charge in [-0.15, -0.1) is 0 Å². The van der Waals surface area contributed by atoms with Crippen LogP contribution < -0.4 is 20.9 Å². The summed E-state index contributed by atoms with van der Waals surface area (Å²) in [4.78, 5) is 34.9. The summed E-state index contributed by atoms with van der Waals surface area (Å²) < 4.78 is 7.09. The van der Waals surface area contributed by atoms with Gasteiger partial charge in [-0.25, -0.2) is 9.97 Å². The number of hydrogen-bond acceptors (Lipinski definition) is 8. The Balaban J connectivity index is 1.13. The zero-order chi connectivity index (χ0) is 23.5. The number of pyridine rings is 1. The number of benzene rings is 1. The molecule has 0 spiro atoms. The van der Waals surface area contributed by atoms with Crippen LogP contribution in [0.15, 0.2) is 41.3 Å². The lowest BCUT2D eigenvalue weighted by molar-refractivity contribution is -0.118. The quantitative estimate of drug-likeness (QED) is 0.564. The first kappa shape index (κ1) is 22.0. The van der Waals surface area contributed by atoms with Crippen molar-refractivity contribution in [3.63, 3.8) is 0 Å². The summed E-state index contributed by atoms with van der Waals surface area (Å²) in [5, 5.41) is 15.4. The van der Waals surface area contributed by atoms with Gasteiger partial charge in [0.1, 0.15) is 0 Å². The Bertz CT molecular complexity index is 1320. The summed E-state index contributed by atoms with van der Waals surface area (Å²) in [6.45, 7) is 3.88. The van der Waals surface area contributed by atoms with E-state index < -0.39 is 0 Å². The zero-order valence-electron chi connectivity index (χ0n) is 18.7. The molecule has 10 nitrogen and oxygen atoms in total. The topological polar surface area (TPSA) is 125 Å². The molecule has 3 aromatic rings. The van der Waals surface area contributed by atoms with Gasteiger partial charge < -0.3 is 24.8 Å². The predicted molar refractivity (Wildman–Crippen MR) is 125 cm³/mol. The van der Waals surface area contributed by atoms with Gasteiger partial charge in [0.15, 0.2) is 18.2 Å². The highest BCUT2D eigenvalue weighted by molar-refractivity contribution is 5.94. The van der Waals surface area contributed by atoms with Crippen molar-refractivity contribution in [1.29, 1.82) is 5.26 Å². The molecule has 0 bridgehead atoms. The second-order valence-electron chi connectivity index (χ2n) is 8.55. The fourth-order valence-electron chi connectivity index (χ4n) is 4.42. The molecule has 2 aliphatic heterocycles. The van der Waals surface area contributed by atoms with Crippen LogP contribution in [0.1, 0.15) is 24.1 Å². The number of aromatic nitrogens is 3. The molecule has 2 aliphatic rings. The molecule has 0 unspecified atom stereocenters. The third-order valence-corrected chi connectivity index (χ3v) is 6.31. The molecule has 0 saturated carbocycles. The molecule has 174 valence electrons. The number of hydrogen-bond donors (Lipinski definition) is 2. The smallest absolute Gasteiger partial charge is 0.269 e. The normalized spacial score (nSPS) is 16.5. The fourth-order valence-corrected chi connectivity index (χ4v) is 4.42. The van der Waals surface area contributed by atoms with Crippen LogP contribution in [0.2, 0.25) is 0 Å². The highest BCUT2D eigenvalue weighted by Gasteiger charge is 2.20. The highest BCUT2D eigenvalue weighted by Crippen LogP contribution is 2.25. The largest absolute Gasteiger partial charge is 0.480 e. The number of ether oxygens (including phenoxy) is 1. The second kappa shape index (κ2) is 9.59. The summed E-state index contributed by atoms with van der Waals surface area (Å²) in [6, 6.07) is 11.5. The summed E-state index contributed by atoms with van der Waals surface area (Å²) in [7, 11) is 0. The minimum absolute atomic E-state index is 0.0268. The number of carbonyl (C=O) groups excluding carboxylic acids is 1. The van der Waals surface area contributed by atoms with Gasteiger partial charge in [-0.05, 0) is 56.3 Å². The van der Waals surface area contributed by atoms with Crippen LogP contribution in [-0.4, -0.2) is 57.6 Å². The molecule has 1 amide bonds. The lowest BCUT2D eigenvalue weighted by atomic mass is 10.0. The molecule has 10 heteroatoms. The monoisotopic (exact) mass is 459 g/mol. The molecule has 34 heavy (non-hydrogen) atoms. The average Bonchev–Trinajstić information content (AvgIpc) is 2.87. The van der Waals surface area contributed by atoms with E-state index in [4.69, 9.17) is 10.00 Å². The number of rotatable bonds is 6. The molecule has 1 saturated heterocycles. The van der Waals surface area contributed by atoms with E-state index in [1.807, 2.05) is 12.1 Å². The number of amides is 1. The molecular formula is C24H25N7O3. The SMILES string of the molecule is N#Cc1ccc2c(c1)ncc(=O)n2CCN1CCC(NCc2ccc3c(n2)NC(=O)CO3)CC1. The molecule has 0 aliphatic carbocycles. The minimum atomic E-state index is -0.188. The van der Waals surface area contributed by atoms with Crippen LogP contribution in [0, 0.1) is 11.3 Å². The Morgan fingerprint density at radius 2 is 2.03 bits per heavy atom.